The fourth-order valence-corrected chi connectivity index (χ4v) is 3.15. The molecule has 2 N–H and O–H groups in total. The zero-order chi connectivity index (χ0) is 19.7. The Labute approximate surface area is 157 Å². The molecule has 2 unspecified atom stereocenters. The van der Waals surface area contributed by atoms with Crippen molar-refractivity contribution in [3.63, 3.8) is 0 Å². The van der Waals surface area contributed by atoms with Crippen molar-refractivity contribution in [3.05, 3.63) is 47.0 Å². The van der Waals surface area contributed by atoms with Crippen LogP contribution in [0.15, 0.2) is 24.4 Å². The fourth-order valence-electron chi connectivity index (χ4n) is 3.15. The number of aryl methyl sites for hydroxylation is 1. The minimum absolute atomic E-state index is 0.182. The molecule has 0 spiro atoms. The molecule has 0 saturated heterocycles. The van der Waals surface area contributed by atoms with E-state index in [2.05, 4.69) is 30.9 Å². The van der Waals surface area contributed by atoms with Crippen molar-refractivity contribution >= 4 is 0 Å². The van der Waals surface area contributed by atoms with Crippen molar-refractivity contribution in [2.24, 2.45) is 7.05 Å². The molecular formula is C21H33N3O2. The van der Waals surface area contributed by atoms with Crippen LogP contribution in [0.3, 0.4) is 0 Å². The Morgan fingerprint density at radius 3 is 2.27 bits per heavy atom. The van der Waals surface area contributed by atoms with Crippen LogP contribution in [0.4, 0.5) is 0 Å². The summed E-state index contributed by atoms with van der Waals surface area (Å²) in [5, 5.41) is 25.7. The number of aromatic nitrogens is 3. The highest BCUT2D eigenvalue weighted by Gasteiger charge is 2.29. The predicted octanol–water partition coefficient (Wildman–Crippen LogP) is 3.96. The minimum atomic E-state index is -0.947. The smallest absolute Gasteiger partial charge is 0.103 e. The van der Waals surface area contributed by atoms with Crippen LogP contribution >= 0.6 is 0 Å². The van der Waals surface area contributed by atoms with Gasteiger partial charge in [-0.05, 0) is 69.2 Å². The quantitative estimate of drug-likeness (QED) is 0.785. The molecule has 0 aliphatic heterocycles. The highest BCUT2D eigenvalue weighted by molar-refractivity contribution is 5.24. The molecule has 2 rings (SSSR count). The van der Waals surface area contributed by atoms with E-state index in [-0.39, 0.29) is 5.92 Å². The third-order valence-electron chi connectivity index (χ3n) is 5.10. The Balaban J connectivity index is 2.12. The normalized spacial score (nSPS) is 15.9. The van der Waals surface area contributed by atoms with Gasteiger partial charge >= 0.3 is 0 Å². The lowest BCUT2D eigenvalue weighted by molar-refractivity contribution is 0.0355. The molecule has 2 atom stereocenters. The van der Waals surface area contributed by atoms with Crippen LogP contribution in [0.25, 0.3) is 0 Å². The summed E-state index contributed by atoms with van der Waals surface area (Å²) in [5.41, 5.74) is 1.80. The molecule has 0 bridgehead atoms. The molecule has 5 heteroatoms. The van der Waals surface area contributed by atoms with E-state index in [0.29, 0.717) is 12.3 Å². The Morgan fingerprint density at radius 2 is 1.73 bits per heavy atom. The largest absolute Gasteiger partial charge is 0.386 e. The molecule has 5 nitrogen and oxygen atoms in total. The molecule has 2 heterocycles. The molecule has 0 aliphatic rings. The van der Waals surface area contributed by atoms with Gasteiger partial charge in [-0.1, -0.05) is 20.8 Å². The van der Waals surface area contributed by atoms with Crippen LogP contribution in [0.2, 0.25) is 0 Å². The molecule has 0 fully saturated rings. The Kier molecular flexibility index (Phi) is 5.93. The number of hydrogen-bond acceptors (Lipinski definition) is 4. The SMILES string of the molecule is CC(C)c1cc(C(C)(O)CCC(C)c2cc(C(C)(C)O)ccn2)n(C)n1. The second kappa shape index (κ2) is 7.49. The van der Waals surface area contributed by atoms with Gasteiger partial charge in [0.05, 0.1) is 17.0 Å². The van der Waals surface area contributed by atoms with Gasteiger partial charge < -0.3 is 10.2 Å². The third kappa shape index (κ3) is 4.71. The standard InChI is InChI=1S/C21H33N3O2/c1-14(2)17-13-19(24(7)23-17)21(6,26)10-8-15(3)18-12-16(9-11-22-18)20(4,5)25/h9,11-15,25-26H,8,10H2,1-7H3. The summed E-state index contributed by atoms with van der Waals surface area (Å²) in [5.74, 6) is 0.514. The maximum atomic E-state index is 11.0. The lowest BCUT2D eigenvalue weighted by Gasteiger charge is -2.25. The molecule has 0 aromatic carbocycles. The summed E-state index contributed by atoms with van der Waals surface area (Å²) in [6.45, 7) is 11.7. The molecule has 2 aromatic rings. The van der Waals surface area contributed by atoms with Crippen LogP contribution in [0, 0.1) is 0 Å². The first-order valence-electron chi connectivity index (χ1n) is 9.37. The maximum Gasteiger partial charge on any atom is 0.103 e. The molecule has 26 heavy (non-hydrogen) atoms. The van der Waals surface area contributed by atoms with Crippen molar-refractivity contribution in [3.8, 4) is 0 Å². The van der Waals surface area contributed by atoms with E-state index >= 15 is 0 Å². The zero-order valence-electron chi connectivity index (χ0n) is 17.1. The van der Waals surface area contributed by atoms with Gasteiger partial charge in [0.1, 0.15) is 5.60 Å². The van der Waals surface area contributed by atoms with E-state index in [1.807, 2.05) is 32.2 Å². The Hall–Kier alpha value is -1.72. The van der Waals surface area contributed by atoms with Gasteiger partial charge in [0.15, 0.2) is 0 Å². The van der Waals surface area contributed by atoms with E-state index in [1.165, 1.54) is 0 Å². The lowest BCUT2D eigenvalue weighted by atomic mass is 9.88. The highest BCUT2D eigenvalue weighted by Crippen LogP contribution is 2.32. The van der Waals surface area contributed by atoms with E-state index in [0.717, 1.165) is 29.1 Å². The zero-order valence-corrected chi connectivity index (χ0v) is 17.1. The van der Waals surface area contributed by atoms with Gasteiger partial charge in [0, 0.05) is 18.9 Å². The number of nitrogens with zero attached hydrogens (tertiary/aromatic N) is 3. The number of hydrogen-bond donors (Lipinski definition) is 2. The second-order valence-corrected chi connectivity index (χ2v) is 8.47. The van der Waals surface area contributed by atoms with Crippen molar-refractivity contribution < 1.29 is 10.2 Å². The van der Waals surface area contributed by atoms with Crippen LogP contribution in [0.5, 0.6) is 0 Å². The van der Waals surface area contributed by atoms with Gasteiger partial charge in [-0.3, -0.25) is 9.67 Å². The summed E-state index contributed by atoms with van der Waals surface area (Å²) in [6.07, 6.45) is 3.14. The fraction of sp³-hybridized carbons (Fsp3) is 0.619. The average molecular weight is 360 g/mol. The maximum absolute atomic E-state index is 11.0. The molecule has 0 radical (unpaired) electrons. The van der Waals surface area contributed by atoms with E-state index in [1.54, 1.807) is 24.7 Å². The number of aliphatic hydroxyl groups is 2. The first kappa shape index (κ1) is 20.6. The van der Waals surface area contributed by atoms with Crippen molar-refractivity contribution in [1.82, 2.24) is 14.8 Å². The molecule has 0 aliphatic carbocycles. The number of pyridine rings is 1. The molecule has 144 valence electrons. The Morgan fingerprint density at radius 1 is 1.08 bits per heavy atom. The van der Waals surface area contributed by atoms with Gasteiger partial charge in [0.25, 0.3) is 0 Å². The van der Waals surface area contributed by atoms with Gasteiger partial charge in [-0.2, -0.15) is 5.10 Å². The molecule has 2 aromatic heterocycles. The average Bonchev–Trinajstić information content (AvgIpc) is 2.95. The van der Waals surface area contributed by atoms with E-state index < -0.39 is 11.2 Å². The van der Waals surface area contributed by atoms with E-state index in [9.17, 15) is 10.2 Å². The van der Waals surface area contributed by atoms with Crippen molar-refractivity contribution in [2.45, 2.75) is 77.4 Å². The topological polar surface area (TPSA) is 71.2 Å². The van der Waals surface area contributed by atoms with E-state index in [4.69, 9.17) is 0 Å². The summed E-state index contributed by atoms with van der Waals surface area (Å²) in [7, 11) is 1.88. The summed E-state index contributed by atoms with van der Waals surface area (Å²) in [6, 6.07) is 5.80. The Bertz CT molecular complexity index is 742. The van der Waals surface area contributed by atoms with Crippen molar-refractivity contribution in [2.75, 3.05) is 0 Å². The van der Waals surface area contributed by atoms with Gasteiger partial charge in [0.2, 0.25) is 0 Å². The van der Waals surface area contributed by atoms with Gasteiger partial charge in [-0.25, -0.2) is 0 Å². The highest BCUT2D eigenvalue weighted by atomic mass is 16.3. The summed E-state index contributed by atoms with van der Waals surface area (Å²) in [4.78, 5) is 4.46. The lowest BCUT2D eigenvalue weighted by Crippen LogP contribution is -2.25. The number of rotatable bonds is 7. The van der Waals surface area contributed by atoms with Crippen LogP contribution in [-0.2, 0) is 18.2 Å². The second-order valence-electron chi connectivity index (χ2n) is 8.47. The van der Waals surface area contributed by atoms with Gasteiger partial charge in [-0.15, -0.1) is 0 Å². The monoisotopic (exact) mass is 359 g/mol. The molecule has 0 saturated carbocycles. The molecular weight excluding hydrogens is 326 g/mol. The van der Waals surface area contributed by atoms with Crippen LogP contribution < -0.4 is 0 Å². The first-order valence-corrected chi connectivity index (χ1v) is 9.37. The molecule has 0 amide bonds. The first-order chi connectivity index (χ1) is 11.9. The predicted molar refractivity (Wildman–Crippen MR) is 104 cm³/mol. The van der Waals surface area contributed by atoms with Crippen LogP contribution in [0.1, 0.15) is 88.9 Å². The minimum Gasteiger partial charge on any atom is -0.386 e. The van der Waals surface area contributed by atoms with Crippen molar-refractivity contribution in [1.29, 1.82) is 0 Å². The third-order valence-corrected chi connectivity index (χ3v) is 5.10. The summed E-state index contributed by atoms with van der Waals surface area (Å²) >= 11 is 0. The summed E-state index contributed by atoms with van der Waals surface area (Å²) < 4.78 is 1.78. The van der Waals surface area contributed by atoms with Crippen LogP contribution in [-0.4, -0.2) is 25.0 Å².